The van der Waals surface area contributed by atoms with E-state index in [1.54, 1.807) is 4.90 Å². The van der Waals surface area contributed by atoms with E-state index in [-0.39, 0.29) is 5.91 Å². The van der Waals surface area contributed by atoms with Gasteiger partial charge < -0.3 is 9.42 Å². The van der Waals surface area contributed by atoms with Gasteiger partial charge >= 0.3 is 0 Å². The van der Waals surface area contributed by atoms with Gasteiger partial charge in [0.25, 0.3) is 0 Å². The molecule has 0 atom stereocenters. The Morgan fingerprint density at radius 3 is 2.57 bits per heavy atom. The fourth-order valence-corrected chi connectivity index (χ4v) is 3.07. The largest absolute Gasteiger partial charge is 0.337 e. The van der Waals surface area contributed by atoms with Crippen LogP contribution in [0.4, 0.5) is 0 Å². The quantitative estimate of drug-likeness (QED) is 0.617. The van der Waals surface area contributed by atoms with Crippen molar-refractivity contribution in [2.75, 3.05) is 0 Å². The molecule has 2 fully saturated rings. The molecule has 2 saturated carbocycles. The molecule has 2 aliphatic rings. The number of rotatable bonds is 5. The molecule has 0 radical (unpaired) electrons. The highest BCUT2D eigenvalue weighted by Gasteiger charge is 2.33. The van der Waals surface area contributed by atoms with E-state index >= 15 is 0 Å². The van der Waals surface area contributed by atoms with Crippen LogP contribution < -0.4 is 0 Å². The third-order valence-corrected chi connectivity index (χ3v) is 4.46. The van der Waals surface area contributed by atoms with E-state index in [9.17, 15) is 4.79 Å². The van der Waals surface area contributed by atoms with Crippen LogP contribution in [0.15, 0.2) is 17.2 Å². The number of carbonyl (C=O) groups excluding carboxylic acids is 1. The topological polar surface area (TPSA) is 59.2 Å². The van der Waals surface area contributed by atoms with Crippen LogP contribution >= 0.6 is 0 Å². The van der Waals surface area contributed by atoms with E-state index in [0.29, 0.717) is 24.4 Å². The lowest BCUT2D eigenvalue weighted by Crippen LogP contribution is -2.31. The Kier molecular flexibility index (Phi) is 4.36. The van der Waals surface area contributed by atoms with E-state index in [1.165, 1.54) is 31.8 Å². The Bertz CT molecular complexity index is 499. The molecule has 0 N–H and O–H groups in total. The summed E-state index contributed by atoms with van der Waals surface area (Å²) in [6.07, 6.45) is 10.9. The molecule has 5 nitrogen and oxygen atoms in total. The third-order valence-electron chi connectivity index (χ3n) is 4.46. The molecule has 0 unspecified atom stereocenters. The van der Waals surface area contributed by atoms with E-state index in [1.807, 2.05) is 0 Å². The van der Waals surface area contributed by atoms with Crippen molar-refractivity contribution in [3.63, 3.8) is 0 Å². The molecule has 114 valence electrons. The summed E-state index contributed by atoms with van der Waals surface area (Å²) in [5.41, 5.74) is 0. The van der Waals surface area contributed by atoms with Crippen molar-refractivity contribution in [3.05, 3.63) is 24.4 Å². The zero-order chi connectivity index (χ0) is 14.7. The number of amides is 1. The summed E-state index contributed by atoms with van der Waals surface area (Å²) in [4.78, 5) is 18.2. The lowest BCUT2D eigenvalue weighted by Gasteiger charge is -2.18. The van der Waals surface area contributed by atoms with Crippen LogP contribution in [-0.4, -0.2) is 27.0 Å². The summed E-state index contributed by atoms with van der Waals surface area (Å²) >= 11 is 0. The van der Waals surface area contributed by atoms with Crippen LogP contribution in [0.25, 0.3) is 0 Å². The summed E-state index contributed by atoms with van der Waals surface area (Å²) in [6, 6.07) is 0.323. The Labute approximate surface area is 125 Å². The molecule has 1 heterocycles. The number of hydrogen-bond donors (Lipinski definition) is 0. The molecule has 0 aromatic carbocycles. The molecule has 0 bridgehead atoms. The number of hydrogen-bond acceptors (Lipinski definition) is 4. The van der Waals surface area contributed by atoms with Crippen LogP contribution in [0.5, 0.6) is 0 Å². The Morgan fingerprint density at radius 1 is 1.24 bits per heavy atom. The maximum Gasteiger partial charge on any atom is 0.246 e. The molecule has 0 spiro atoms. The second-order valence-corrected chi connectivity index (χ2v) is 6.14. The summed E-state index contributed by atoms with van der Waals surface area (Å²) in [7, 11) is 0. The first kappa shape index (κ1) is 14.3. The molecular weight excluding hydrogens is 266 g/mol. The molecule has 1 aromatic heterocycles. The lowest BCUT2D eigenvalue weighted by molar-refractivity contribution is -0.127. The zero-order valence-electron chi connectivity index (χ0n) is 12.5. The molecule has 5 heteroatoms. The molecule has 3 rings (SSSR count). The van der Waals surface area contributed by atoms with Crippen molar-refractivity contribution in [1.29, 1.82) is 0 Å². The van der Waals surface area contributed by atoms with Crippen LogP contribution in [-0.2, 0) is 11.3 Å². The van der Waals surface area contributed by atoms with Crippen LogP contribution in [0.1, 0.15) is 69.0 Å². The van der Waals surface area contributed by atoms with Crippen molar-refractivity contribution in [2.45, 2.75) is 69.9 Å². The van der Waals surface area contributed by atoms with Crippen molar-refractivity contribution >= 4 is 5.91 Å². The van der Waals surface area contributed by atoms with Gasteiger partial charge in [-0.3, -0.25) is 4.79 Å². The van der Waals surface area contributed by atoms with Crippen molar-refractivity contribution in [3.8, 4) is 0 Å². The second kappa shape index (κ2) is 6.41. The summed E-state index contributed by atoms with van der Waals surface area (Å²) in [6.45, 7) is 3.98. The van der Waals surface area contributed by atoms with Gasteiger partial charge in [-0.15, -0.1) is 0 Å². The zero-order valence-corrected chi connectivity index (χ0v) is 12.5. The van der Waals surface area contributed by atoms with Crippen molar-refractivity contribution in [1.82, 2.24) is 15.0 Å². The van der Waals surface area contributed by atoms with Gasteiger partial charge in [-0.25, -0.2) is 0 Å². The lowest BCUT2D eigenvalue weighted by atomic mass is 10.00. The Hall–Kier alpha value is -1.65. The molecule has 0 aliphatic heterocycles. The minimum absolute atomic E-state index is 0.0493. The Morgan fingerprint density at radius 2 is 1.95 bits per heavy atom. The maximum atomic E-state index is 11.9. The second-order valence-electron chi connectivity index (χ2n) is 6.14. The highest BCUT2D eigenvalue weighted by Crippen LogP contribution is 2.31. The van der Waals surface area contributed by atoms with Gasteiger partial charge in [-0.05, 0) is 31.8 Å². The third kappa shape index (κ3) is 3.52. The molecule has 2 aliphatic carbocycles. The average molecular weight is 289 g/mol. The highest BCUT2D eigenvalue weighted by atomic mass is 16.5. The number of nitrogens with zero attached hydrogens (tertiary/aromatic N) is 3. The van der Waals surface area contributed by atoms with Gasteiger partial charge in [-0.2, -0.15) is 4.98 Å². The standard InChI is InChI=1S/C16H23N3O2/c1-2-15(20)19(13-9-10-13)11-14-17-16(18-21-14)12-7-5-3-4-6-8-12/h2,12-13H,1,3-11H2. The number of aromatic nitrogens is 2. The van der Waals surface area contributed by atoms with E-state index < -0.39 is 0 Å². The first-order valence-corrected chi connectivity index (χ1v) is 8.03. The first-order chi connectivity index (χ1) is 10.3. The van der Waals surface area contributed by atoms with E-state index in [4.69, 9.17) is 4.52 Å². The van der Waals surface area contributed by atoms with E-state index in [0.717, 1.165) is 31.5 Å². The predicted molar refractivity (Wildman–Crippen MR) is 78.5 cm³/mol. The van der Waals surface area contributed by atoms with Crippen LogP contribution in [0.2, 0.25) is 0 Å². The van der Waals surface area contributed by atoms with Gasteiger partial charge in [-0.1, -0.05) is 37.4 Å². The fourth-order valence-electron chi connectivity index (χ4n) is 3.07. The van der Waals surface area contributed by atoms with Gasteiger partial charge in [0.1, 0.15) is 6.54 Å². The highest BCUT2D eigenvalue weighted by molar-refractivity contribution is 5.87. The summed E-state index contributed by atoms with van der Waals surface area (Å²) in [5, 5.41) is 4.15. The molecule has 21 heavy (non-hydrogen) atoms. The molecule has 0 saturated heterocycles. The van der Waals surface area contributed by atoms with Crippen LogP contribution in [0.3, 0.4) is 0 Å². The first-order valence-electron chi connectivity index (χ1n) is 8.03. The summed E-state index contributed by atoms with van der Waals surface area (Å²) < 4.78 is 5.37. The smallest absolute Gasteiger partial charge is 0.246 e. The monoisotopic (exact) mass is 289 g/mol. The van der Waals surface area contributed by atoms with Gasteiger partial charge in [0, 0.05) is 12.0 Å². The number of carbonyl (C=O) groups is 1. The summed E-state index contributed by atoms with van der Waals surface area (Å²) in [5.74, 6) is 1.76. The van der Waals surface area contributed by atoms with Crippen molar-refractivity contribution < 1.29 is 9.32 Å². The maximum absolute atomic E-state index is 11.9. The van der Waals surface area contributed by atoms with Gasteiger partial charge in [0.15, 0.2) is 5.82 Å². The minimum atomic E-state index is -0.0493. The van der Waals surface area contributed by atoms with Crippen LogP contribution in [0, 0.1) is 0 Å². The van der Waals surface area contributed by atoms with E-state index in [2.05, 4.69) is 16.7 Å². The van der Waals surface area contributed by atoms with Gasteiger partial charge in [0.2, 0.25) is 11.8 Å². The Balaban J connectivity index is 1.66. The van der Waals surface area contributed by atoms with Crippen molar-refractivity contribution in [2.24, 2.45) is 0 Å². The average Bonchev–Trinajstić information content (AvgIpc) is 3.29. The molecular formula is C16H23N3O2. The fraction of sp³-hybridized carbons (Fsp3) is 0.688. The normalized spacial score (nSPS) is 20.0. The minimum Gasteiger partial charge on any atom is -0.337 e. The molecule has 1 aromatic rings. The molecule has 1 amide bonds. The predicted octanol–water partition coefficient (Wildman–Crippen LogP) is 3.18. The SMILES string of the molecule is C=CC(=O)N(Cc1nc(C2CCCCCC2)no1)C1CC1. The van der Waals surface area contributed by atoms with Gasteiger partial charge in [0.05, 0.1) is 0 Å².